The molecule has 0 fully saturated rings. The van der Waals surface area contributed by atoms with E-state index in [2.05, 4.69) is 10.1 Å². The van der Waals surface area contributed by atoms with Gasteiger partial charge in [0.1, 0.15) is 12.6 Å². The van der Waals surface area contributed by atoms with E-state index < -0.39 is 24.8 Å². The van der Waals surface area contributed by atoms with E-state index in [0.717, 1.165) is 6.42 Å². The van der Waals surface area contributed by atoms with Gasteiger partial charge >= 0.3 is 12.1 Å². The van der Waals surface area contributed by atoms with Crippen molar-refractivity contribution in [1.29, 1.82) is 0 Å². The van der Waals surface area contributed by atoms with Crippen molar-refractivity contribution < 1.29 is 27.8 Å². The third-order valence-corrected chi connectivity index (χ3v) is 2.00. The molecule has 7 heteroatoms. The molecule has 0 radical (unpaired) electrons. The summed E-state index contributed by atoms with van der Waals surface area (Å²) in [6.07, 6.45) is -2.73. The summed E-state index contributed by atoms with van der Waals surface area (Å²) in [4.78, 5) is 10.7. The van der Waals surface area contributed by atoms with Crippen LogP contribution < -0.4 is 5.32 Å². The summed E-state index contributed by atoms with van der Waals surface area (Å²) in [6, 6.07) is -0.636. The molecule has 0 rings (SSSR count). The highest BCUT2D eigenvalue weighted by Gasteiger charge is 2.27. The molecule has 2 N–H and O–H groups in total. The molecule has 0 bridgehead atoms. The minimum Gasteiger partial charge on any atom is -0.480 e. The van der Waals surface area contributed by atoms with Crippen LogP contribution in [0.2, 0.25) is 0 Å². The van der Waals surface area contributed by atoms with Gasteiger partial charge < -0.3 is 15.2 Å². The average molecular weight is 257 g/mol. The number of hydrogen-bond acceptors (Lipinski definition) is 3. The van der Waals surface area contributed by atoms with Crippen LogP contribution in [-0.2, 0) is 9.53 Å². The molecule has 0 spiro atoms. The van der Waals surface area contributed by atoms with Gasteiger partial charge in [-0.2, -0.15) is 13.2 Å². The molecular weight excluding hydrogens is 239 g/mol. The molecule has 0 aliphatic carbocycles. The second kappa shape index (κ2) is 8.30. The minimum absolute atomic E-state index is 0.0367. The third-order valence-electron chi connectivity index (χ3n) is 2.00. The molecule has 0 saturated carbocycles. The van der Waals surface area contributed by atoms with E-state index in [1.165, 1.54) is 0 Å². The Morgan fingerprint density at radius 3 is 2.59 bits per heavy atom. The summed E-state index contributed by atoms with van der Waals surface area (Å²) in [7, 11) is 0. The molecule has 4 nitrogen and oxygen atoms in total. The number of rotatable bonds is 9. The van der Waals surface area contributed by atoms with Crippen molar-refractivity contribution in [3.05, 3.63) is 0 Å². The number of carboxylic acids is 1. The van der Waals surface area contributed by atoms with E-state index >= 15 is 0 Å². The third kappa shape index (κ3) is 10.1. The molecule has 0 saturated heterocycles. The zero-order chi connectivity index (χ0) is 13.3. The lowest BCUT2D eigenvalue weighted by atomic mass is 10.1. The average Bonchev–Trinajstić information content (AvgIpc) is 2.19. The van der Waals surface area contributed by atoms with E-state index in [9.17, 15) is 18.0 Å². The molecule has 1 atom stereocenters. The Kier molecular flexibility index (Phi) is 7.90. The number of ether oxygens (including phenoxy) is 1. The first-order valence-electron chi connectivity index (χ1n) is 5.47. The lowest BCUT2D eigenvalue weighted by Gasteiger charge is -2.13. The van der Waals surface area contributed by atoms with Gasteiger partial charge in [-0.1, -0.05) is 13.3 Å². The smallest absolute Gasteiger partial charge is 0.411 e. The standard InChI is InChI=1S/C10H18F3NO3/c1-2-4-8(9(15)16)14-5-3-6-17-7-10(11,12)13/h8,14H,2-7H2,1H3,(H,15,16). The summed E-state index contributed by atoms with van der Waals surface area (Å²) >= 11 is 0. The molecular formula is C10H18F3NO3. The van der Waals surface area contributed by atoms with Gasteiger partial charge in [-0.05, 0) is 19.4 Å². The molecule has 0 aromatic carbocycles. The van der Waals surface area contributed by atoms with E-state index in [0.29, 0.717) is 19.4 Å². The monoisotopic (exact) mass is 257 g/mol. The maximum Gasteiger partial charge on any atom is 0.411 e. The molecule has 0 aromatic rings. The number of carboxylic acid groups (broad SMARTS) is 1. The van der Waals surface area contributed by atoms with Crippen LogP contribution in [0.3, 0.4) is 0 Å². The zero-order valence-electron chi connectivity index (χ0n) is 9.72. The Balaban J connectivity index is 3.52. The van der Waals surface area contributed by atoms with Crippen LogP contribution in [-0.4, -0.2) is 43.1 Å². The van der Waals surface area contributed by atoms with Gasteiger partial charge in [-0.15, -0.1) is 0 Å². The molecule has 17 heavy (non-hydrogen) atoms. The van der Waals surface area contributed by atoms with Crippen molar-refractivity contribution in [3.8, 4) is 0 Å². The first kappa shape index (κ1) is 16.2. The van der Waals surface area contributed by atoms with Crippen molar-refractivity contribution in [2.75, 3.05) is 19.8 Å². The van der Waals surface area contributed by atoms with Crippen molar-refractivity contribution in [2.45, 2.75) is 38.4 Å². The van der Waals surface area contributed by atoms with E-state index in [-0.39, 0.29) is 6.61 Å². The number of carbonyl (C=O) groups is 1. The van der Waals surface area contributed by atoms with Crippen LogP contribution >= 0.6 is 0 Å². The number of nitrogens with one attached hydrogen (secondary N) is 1. The van der Waals surface area contributed by atoms with E-state index in [1.807, 2.05) is 6.92 Å². The van der Waals surface area contributed by atoms with Crippen LogP contribution in [0.1, 0.15) is 26.2 Å². The van der Waals surface area contributed by atoms with Gasteiger partial charge in [0.15, 0.2) is 0 Å². The topological polar surface area (TPSA) is 58.6 Å². The maximum atomic E-state index is 11.7. The molecule has 0 aromatic heterocycles. The van der Waals surface area contributed by atoms with Crippen molar-refractivity contribution in [2.24, 2.45) is 0 Å². The fourth-order valence-electron chi connectivity index (χ4n) is 1.24. The molecule has 0 amide bonds. The van der Waals surface area contributed by atoms with Crippen LogP contribution in [0, 0.1) is 0 Å². The Hall–Kier alpha value is -0.820. The molecule has 0 aliphatic rings. The largest absolute Gasteiger partial charge is 0.480 e. The highest BCUT2D eigenvalue weighted by molar-refractivity contribution is 5.73. The fourth-order valence-corrected chi connectivity index (χ4v) is 1.24. The van der Waals surface area contributed by atoms with Gasteiger partial charge in [0, 0.05) is 6.61 Å². The maximum absolute atomic E-state index is 11.7. The Labute approximate surface area is 98.1 Å². The number of halogens is 3. The lowest BCUT2D eigenvalue weighted by Crippen LogP contribution is -2.37. The summed E-state index contributed by atoms with van der Waals surface area (Å²) in [5.41, 5.74) is 0. The quantitative estimate of drug-likeness (QED) is 0.618. The summed E-state index contributed by atoms with van der Waals surface area (Å²) in [5.74, 6) is -0.942. The van der Waals surface area contributed by atoms with Crippen LogP contribution in [0.25, 0.3) is 0 Å². The number of hydrogen-bond donors (Lipinski definition) is 2. The van der Waals surface area contributed by atoms with Crippen LogP contribution in [0.15, 0.2) is 0 Å². The lowest BCUT2D eigenvalue weighted by molar-refractivity contribution is -0.173. The molecule has 0 heterocycles. The van der Waals surface area contributed by atoms with Gasteiger partial charge in [-0.3, -0.25) is 4.79 Å². The highest BCUT2D eigenvalue weighted by Crippen LogP contribution is 2.14. The molecule has 0 aliphatic heterocycles. The zero-order valence-corrected chi connectivity index (χ0v) is 9.72. The summed E-state index contributed by atoms with van der Waals surface area (Å²) in [6.45, 7) is 0.897. The normalized spacial score (nSPS) is 13.6. The predicted molar refractivity (Wildman–Crippen MR) is 55.8 cm³/mol. The highest BCUT2D eigenvalue weighted by atomic mass is 19.4. The van der Waals surface area contributed by atoms with Crippen molar-refractivity contribution >= 4 is 5.97 Å². The van der Waals surface area contributed by atoms with E-state index in [1.54, 1.807) is 0 Å². The second-order valence-electron chi connectivity index (χ2n) is 3.65. The SMILES string of the molecule is CCCC(NCCCOCC(F)(F)F)C(=O)O. The first-order valence-corrected chi connectivity index (χ1v) is 5.47. The van der Waals surface area contributed by atoms with Crippen molar-refractivity contribution in [1.82, 2.24) is 5.32 Å². The summed E-state index contributed by atoms with van der Waals surface area (Å²) in [5, 5.41) is 11.5. The van der Waals surface area contributed by atoms with Crippen LogP contribution in [0.5, 0.6) is 0 Å². The number of alkyl halides is 3. The van der Waals surface area contributed by atoms with E-state index in [4.69, 9.17) is 5.11 Å². The first-order chi connectivity index (χ1) is 7.87. The number of aliphatic carboxylic acids is 1. The van der Waals surface area contributed by atoms with Gasteiger partial charge in [0.05, 0.1) is 0 Å². The Morgan fingerprint density at radius 2 is 2.12 bits per heavy atom. The van der Waals surface area contributed by atoms with Crippen LogP contribution in [0.4, 0.5) is 13.2 Å². The fraction of sp³-hybridized carbons (Fsp3) is 0.900. The van der Waals surface area contributed by atoms with Crippen molar-refractivity contribution in [3.63, 3.8) is 0 Å². The molecule has 1 unspecified atom stereocenters. The van der Waals surface area contributed by atoms with Gasteiger partial charge in [-0.25, -0.2) is 0 Å². The predicted octanol–water partition coefficient (Wildman–Crippen LogP) is 1.80. The summed E-state index contributed by atoms with van der Waals surface area (Å²) < 4.78 is 39.4. The second-order valence-corrected chi connectivity index (χ2v) is 3.65. The molecule has 102 valence electrons. The van der Waals surface area contributed by atoms with Gasteiger partial charge in [0.2, 0.25) is 0 Å². The van der Waals surface area contributed by atoms with Gasteiger partial charge in [0.25, 0.3) is 0 Å². The Bertz CT molecular complexity index is 221. The minimum atomic E-state index is -4.31. The Morgan fingerprint density at radius 1 is 1.47 bits per heavy atom.